The molecular weight excluding hydrogens is 100 g/mol. The Bertz CT molecular complexity index is 55.0. The lowest BCUT2D eigenvalue weighted by Gasteiger charge is -1.96. The van der Waals surface area contributed by atoms with Crippen molar-refractivity contribution in [2.24, 2.45) is 0 Å². The summed E-state index contributed by atoms with van der Waals surface area (Å²) in [7, 11) is -0.553. The predicted molar refractivity (Wildman–Crippen MR) is 37.2 cm³/mol. The van der Waals surface area contributed by atoms with Crippen molar-refractivity contribution in [3.63, 3.8) is 0 Å². The summed E-state index contributed by atoms with van der Waals surface area (Å²) in [6.45, 7) is 3.23. The Morgan fingerprint density at radius 1 is 1.57 bits per heavy atom. The quantitative estimate of drug-likeness (QED) is 0.501. The molecule has 0 saturated heterocycles. The third-order valence-electron chi connectivity index (χ3n) is 0.884. The third kappa shape index (κ3) is 6.22. The van der Waals surface area contributed by atoms with Crippen LogP contribution >= 0.6 is 0 Å². The lowest BCUT2D eigenvalue weighted by atomic mass is 10.4. The van der Waals surface area contributed by atoms with Gasteiger partial charge in [0.05, 0.1) is 0 Å². The van der Waals surface area contributed by atoms with E-state index in [1.165, 1.54) is 18.9 Å². The highest BCUT2D eigenvalue weighted by atomic mass is 28.3. The minimum absolute atomic E-state index is 0.536. The minimum Gasteiger partial charge on any atom is -0.0713 e. The van der Waals surface area contributed by atoms with Crippen molar-refractivity contribution < 1.29 is 2.74 Å². The largest absolute Gasteiger partial charge is 0.0713 e. The third-order valence-corrected chi connectivity index (χ3v) is 1.94. The Morgan fingerprint density at radius 2 is 2.29 bits per heavy atom. The fourth-order valence-corrected chi connectivity index (χ4v) is 1.28. The van der Waals surface area contributed by atoms with Crippen molar-refractivity contribution in [1.29, 1.82) is 0 Å². The second-order valence-corrected chi connectivity index (χ2v) is 3.85. The smallest absolute Gasteiger partial charge is 0.0412 e. The van der Waals surface area contributed by atoms with E-state index in [2.05, 4.69) is 6.92 Å². The molecule has 0 aliphatic carbocycles. The molecule has 0 N–H and O–H groups in total. The van der Waals surface area contributed by atoms with E-state index >= 15 is 0 Å². The van der Waals surface area contributed by atoms with Crippen molar-refractivity contribution in [3.05, 3.63) is 0 Å². The highest BCUT2D eigenvalue weighted by Crippen LogP contribution is 1.98. The first-order valence-corrected chi connectivity index (χ1v) is 4.89. The lowest BCUT2D eigenvalue weighted by molar-refractivity contribution is 0.875. The first-order valence-electron chi connectivity index (χ1n) is 4.18. The second kappa shape index (κ2) is 4.38. The van der Waals surface area contributed by atoms with Crippen LogP contribution in [0, 0.1) is 0 Å². The normalized spacial score (nSPS) is 14.0. The van der Waals surface area contributed by atoms with Crippen LogP contribution in [0.5, 0.6) is 0 Å². The Hall–Kier alpha value is 0.217. The van der Waals surface area contributed by atoms with Crippen LogP contribution in [0.15, 0.2) is 0 Å². The number of hydrogen-bond donors (Lipinski definition) is 0. The summed E-state index contributed by atoms with van der Waals surface area (Å²) in [6.07, 6.45) is 2.44. The fourth-order valence-electron chi connectivity index (χ4n) is 0.427. The van der Waals surface area contributed by atoms with Gasteiger partial charge in [-0.3, -0.25) is 0 Å². The molecule has 0 rings (SSSR count). The molecule has 0 saturated carbocycles. The zero-order chi connectivity index (χ0) is 7.11. The summed E-state index contributed by atoms with van der Waals surface area (Å²) in [5.41, 5.74) is 0. The van der Waals surface area contributed by atoms with Crippen LogP contribution in [0.4, 0.5) is 0 Å². The van der Waals surface area contributed by atoms with Crippen molar-refractivity contribution >= 4 is 8.80 Å². The average Bonchev–Trinajstić information content (AvgIpc) is 1.91. The Morgan fingerprint density at radius 3 is 2.71 bits per heavy atom. The van der Waals surface area contributed by atoms with Gasteiger partial charge in [0.15, 0.2) is 0 Å². The Balaban J connectivity index is 3.09. The predicted octanol–water partition coefficient (Wildman–Crippen LogP) is 2.54. The summed E-state index contributed by atoms with van der Waals surface area (Å²) in [6, 6.07) is 1.17. The first-order chi connectivity index (χ1) is 4.35. The van der Waals surface area contributed by atoms with E-state index in [1.54, 1.807) is 0 Å². The number of rotatable bonds is 3. The molecule has 0 atom stereocenters. The van der Waals surface area contributed by atoms with Gasteiger partial charge in [-0.2, -0.15) is 0 Å². The number of hydrogen-bond acceptors (Lipinski definition) is 0. The molecule has 0 spiro atoms. The number of unbranched alkanes of at least 4 members (excludes halogenated alkanes) is 1. The molecular formula is C6H15Si. The summed E-state index contributed by atoms with van der Waals surface area (Å²) >= 11 is 0. The average molecular weight is 119 g/mol. The van der Waals surface area contributed by atoms with Gasteiger partial charge in [-0.25, -0.2) is 0 Å². The van der Waals surface area contributed by atoms with Gasteiger partial charge in [0.1, 0.15) is 0 Å². The van der Waals surface area contributed by atoms with E-state index in [0.29, 0.717) is 13.0 Å². The zero-order valence-electron chi connectivity index (χ0n) is 7.04. The highest BCUT2D eigenvalue weighted by molar-refractivity contribution is 6.55. The molecule has 0 unspecified atom stereocenters. The molecule has 0 heterocycles. The van der Waals surface area contributed by atoms with Gasteiger partial charge in [-0.05, 0) is 0 Å². The van der Waals surface area contributed by atoms with Crippen LogP contribution in [0.2, 0.25) is 19.1 Å². The standard InChI is InChI=1S/C6H15Si/c1-4-5-6-7(2)3/h4-6H2,1-3H3/i2T,3T. The maximum Gasteiger partial charge on any atom is 0.0412 e. The van der Waals surface area contributed by atoms with Gasteiger partial charge in [-0.15, -0.1) is 0 Å². The minimum atomic E-state index is -0.553. The van der Waals surface area contributed by atoms with Gasteiger partial charge in [0.25, 0.3) is 0 Å². The topological polar surface area (TPSA) is 0 Å². The van der Waals surface area contributed by atoms with Gasteiger partial charge in [0.2, 0.25) is 0 Å². The highest BCUT2D eigenvalue weighted by Gasteiger charge is 1.91. The van der Waals surface area contributed by atoms with E-state index in [-0.39, 0.29) is 0 Å². The maximum absolute atomic E-state index is 7.06. The van der Waals surface area contributed by atoms with Gasteiger partial charge in [-0.1, -0.05) is 38.9 Å². The monoisotopic (exact) mass is 119 g/mol. The molecule has 0 aromatic carbocycles. The zero-order valence-corrected chi connectivity index (χ0v) is 6.04. The summed E-state index contributed by atoms with van der Waals surface area (Å²) < 4.78 is 14.1. The molecule has 1 radical (unpaired) electrons. The lowest BCUT2D eigenvalue weighted by Crippen LogP contribution is -1.96. The maximum atomic E-state index is 7.06. The molecule has 0 amide bonds. The van der Waals surface area contributed by atoms with Crippen molar-refractivity contribution in [2.45, 2.75) is 38.9 Å². The summed E-state index contributed by atoms with van der Waals surface area (Å²) in [4.78, 5) is 0. The van der Waals surface area contributed by atoms with E-state index in [4.69, 9.17) is 2.74 Å². The first kappa shape index (κ1) is 4.13. The van der Waals surface area contributed by atoms with Crippen molar-refractivity contribution in [1.82, 2.24) is 0 Å². The molecule has 0 aromatic heterocycles. The van der Waals surface area contributed by atoms with Crippen LogP contribution in [0.25, 0.3) is 0 Å². The summed E-state index contributed by atoms with van der Waals surface area (Å²) in [5.74, 6) is 0. The molecule has 43 valence electrons. The Labute approximate surface area is 51.4 Å². The second-order valence-electron chi connectivity index (χ2n) is 1.85. The van der Waals surface area contributed by atoms with Crippen molar-refractivity contribution in [2.75, 3.05) is 0 Å². The molecule has 0 aliphatic heterocycles. The Kier molecular flexibility index (Phi) is 2.58. The SMILES string of the molecule is [3H]C[Si](C[3H])CCCC. The molecule has 0 nitrogen and oxygen atoms in total. The van der Waals surface area contributed by atoms with E-state index in [0.717, 1.165) is 0 Å². The fraction of sp³-hybridized carbons (Fsp3) is 1.00. The molecule has 7 heavy (non-hydrogen) atoms. The van der Waals surface area contributed by atoms with Crippen LogP contribution < -0.4 is 0 Å². The van der Waals surface area contributed by atoms with Crippen LogP contribution in [-0.2, 0) is 0 Å². The van der Waals surface area contributed by atoms with E-state index in [1.807, 2.05) is 0 Å². The van der Waals surface area contributed by atoms with Gasteiger partial charge in [0, 0.05) is 11.5 Å². The van der Waals surface area contributed by atoms with Crippen LogP contribution in [0.1, 0.15) is 22.5 Å². The van der Waals surface area contributed by atoms with Gasteiger partial charge >= 0.3 is 0 Å². The van der Waals surface area contributed by atoms with Crippen molar-refractivity contribution in [3.8, 4) is 0 Å². The van der Waals surface area contributed by atoms with Crippen LogP contribution in [0.3, 0.4) is 0 Å². The molecule has 0 bridgehead atoms. The summed E-state index contributed by atoms with van der Waals surface area (Å²) in [5, 5.41) is 0. The molecule has 0 fully saturated rings. The molecule has 0 aliphatic rings. The molecule has 0 aromatic rings. The van der Waals surface area contributed by atoms with E-state index in [9.17, 15) is 0 Å². The van der Waals surface area contributed by atoms with Gasteiger partial charge < -0.3 is 0 Å². The molecule has 1 heteroatoms. The van der Waals surface area contributed by atoms with Crippen LogP contribution in [-0.4, -0.2) is 8.80 Å². The van der Waals surface area contributed by atoms with E-state index < -0.39 is 8.80 Å².